The average Bonchev–Trinajstić information content (AvgIpc) is 2.52. The SMILES string of the molecule is CCCCNC(=O)c1cc([O])co1. The molecule has 1 rings (SSSR count). The van der Waals surface area contributed by atoms with Crippen molar-refractivity contribution in [1.82, 2.24) is 5.32 Å². The summed E-state index contributed by atoms with van der Waals surface area (Å²) in [7, 11) is 0. The molecule has 1 N–H and O–H groups in total. The molecule has 0 aliphatic carbocycles. The van der Waals surface area contributed by atoms with Gasteiger partial charge in [0.1, 0.15) is 6.26 Å². The van der Waals surface area contributed by atoms with Crippen LogP contribution in [-0.2, 0) is 5.11 Å². The van der Waals surface area contributed by atoms with Crippen molar-refractivity contribution in [1.29, 1.82) is 0 Å². The second kappa shape index (κ2) is 4.54. The first kappa shape index (κ1) is 9.64. The molecule has 13 heavy (non-hydrogen) atoms. The Morgan fingerprint density at radius 3 is 2.92 bits per heavy atom. The van der Waals surface area contributed by atoms with E-state index in [-0.39, 0.29) is 17.4 Å². The molecule has 71 valence electrons. The molecule has 0 saturated carbocycles. The van der Waals surface area contributed by atoms with Crippen LogP contribution in [0, 0.1) is 0 Å². The normalized spacial score (nSPS) is 9.92. The second-order valence-electron chi connectivity index (χ2n) is 2.76. The third-order valence-electron chi connectivity index (χ3n) is 1.62. The molecule has 0 bridgehead atoms. The van der Waals surface area contributed by atoms with Crippen LogP contribution < -0.4 is 5.32 Å². The van der Waals surface area contributed by atoms with E-state index in [2.05, 4.69) is 5.32 Å². The van der Waals surface area contributed by atoms with Crippen LogP contribution in [0.4, 0.5) is 0 Å². The summed E-state index contributed by atoms with van der Waals surface area (Å²) < 4.78 is 4.73. The Labute approximate surface area is 76.6 Å². The summed E-state index contributed by atoms with van der Waals surface area (Å²) in [5.41, 5.74) is 0. The maximum atomic E-state index is 11.2. The summed E-state index contributed by atoms with van der Waals surface area (Å²) in [6, 6.07) is 1.18. The molecule has 1 aromatic rings. The molecule has 0 aliphatic rings. The molecule has 4 heteroatoms. The minimum atomic E-state index is -0.324. The standard InChI is InChI=1S/C9H12NO3/c1-2-3-4-10-9(12)8-5-7(11)6-13-8/h5-6H,2-4H2,1H3,(H,10,12). The summed E-state index contributed by atoms with van der Waals surface area (Å²) in [6.45, 7) is 2.65. The van der Waals surface area contributed by atoms with Crippen molar-refractivity contribution in [3.05, 3.63) is 18.1 Å². The number of nitrogens with one attached hydrogen (secondary N) is 1. The van der Waals surface area contributed by atoms with Crippen molar-refractivity contribution in [2.75, 3.05) is 6.54 Å². The molecule has 0 fully saturated rings. The number of hydrogen-bond acceptors (Lipinski definition) is 2. The van der Waals surface area contributed by atoms with Crippen LogP contribution in [0.15, 0.2) is 16.7 Å². The predicted octanol–water partition coefficient (Wildman–Crippen LogP) is 1.95. The van der Waals surface area contributed by atoms with E-state index in [0.29, 0.717) is 6.54 Å². The van der Waals surface area contributed by atoms with Gasteiger partial charge in [-0.25, -0.2) is 0 Å². The monoisotopic (exact) mass is 182 g/mol. The largest absolute Gasteiger partial charge is 0.455 e. The predicted molar refractivity (Wildman–Crippen MR) is 46.1 cm³/mol. The molecule has 0 atom stereocenters. The summed E-state index contributed by atoms with van der Waals surface area (Å²) in [6.07, 6.45) is 2.97. The highest BCUT2D eigenvalue weighted by molar-refractivity contribution is 5.91. The molecule has 1 radical (unpaired) electrons. The van der Waals surface area contributed by atoms with Crippen molar-refractivity contribution in [3.63, 3.8) is 0 Å². The molecule has 4 nitrogen and oxygen atoms in total. The number of carbonyl (C=O) groups excluding carboxylic acids is 1. The number of furan rings is 1. The highest BCUT2D eigenvalue weighted by atomic mass is 16.4. The molecule has 1 heterocycles. The fraction of sp³-hybridized carbons (Fsp3) is 0.444. The fourth-order valence-electron chi connectivity index (χ4n) is 0.904. The van der Waals surface area contributed by atoms with Crippen LogP contribution in [0.5, 0.6) is 5.75 Å². The topological polar surface area (TPSA) is 62.1 Å². The lowest BCUT2D eigenvalue weighted by Gasteiger charge is -1.99. The van der Waals surface area contributed by atoms with Gasteiger partial charge in [-0.3, -0.25) is 9.90 Å². The number of amides is 1. The van der Waals surface area contributed by atoms with Gasteiger partial charge in [0.15, 0.2) is 5.76 Å². The molecule has 0 aromatic carbocycles. The van der Waals surface area contributed by atoms with E-state index in [4.69, 9.17) is 4.42 Å². The van der Waals surface area contributed by atoms with Gasteiger partial charge < -0.3 is 9.73 Å². The van der Waals surface area contributed by atoms with Crippen LogP contribution in [0.25, 0.3) is 0 Å². The highest BCUT2D eigenvalue weighted by Crippen LogP contribution is 2.13. The van der Waals surface area contributed by atoms with Gasteiger partial charge in [0.25, 0.3) is 5.91 Å². The van der Waals surface area contributed by atoms with E-state index in [1.165, 1.54) is 6.07 Å². The highest BCUT2D eigenvalue weighted by Gasteiger charge is 2.10. The molecule has 1 amide bonds. The van der Waals surface area contributed by atoms with Gasteiger partial charge in [-0.1, -0.05) is 13.3 Å². The van der Waals surface area contributed by atoms with Crippen LogP contribution in [-0.4, -0.2) is 12.5 Å². The minimum Gasteiger partial charge on any atom is -0.455 e. The zero-order chi connectivity index (χ0) is 9.68. The van der Waals surface area contributed by atoms with Gasteiger partial charge in [0.05, 0.1) is 0 Å². The number of rotatable bonds is 4. The maximum absolute atomic E-state index is 11.2. The molecule has 0 saturated heterocycles. The molecule has 0 unspecified atom stereocenters. The third-order valence-corrected chi connectivity index (χ3v) is 1.62. The zero-order valence-electron chi connectivity index (χ0n) is 7.50. The van der Waals surface area contributed by atoms with Crippen molar-refractivity contribution >= 4 is 5.91 Å². The van der Waals surface area contributed by atoms with E-state index >= 15 is 0 Å². The van der Waals surface area contributed by atoms with E-state index in [9.17, 15) is 9.90 Å². The number of hydrogen-bond donors (Lipinski definition) is 1. The third kappa shape index (κ3) is 2.82. The Hall–Kier alpha value is -1.45. The van der Waals surface area contributed by atoms with Crippen LogP contribution in [0.2, 0.25) is 0 Å². The maximum Gasteiger partial charge on any atom is 0.287 e. The zero-order valence-corrected chi connectivity index (χ0v) is 7.50. The van der Waals surface area contributed by atoms with E-state index in [0.717, 1.165) is 19.1 Å². The fourth-order valence-corrected chi connectivity index (χ4v) is 0.904. The van der Waals surface area contributed by atoms with Gasteiger partial charge >= 0.3 is 0 Å². The first-order valence-corrected chi connectivity index (χ1v) is 4.27. The van der Waals surface area contributed by atoms with E-state index in [1.807, 2.05) is 6.92 Å². The summed E-state index contributed by atoms with van der Waals surface area (Å²) in [4.78, 5) is 11.2. The van der Waals surface area contributed by atoms with Crippen LogP contribution in [0.1, 0.15) is 30.3 Å². The van der Waals surface area contributed by atoms with Gasteiger partial charge in [-0.05, 0) is 6.42 Å². The quantitative estimate of drug-likeness (QED) is 0.723. The Morgan fingerprint density at radius 1 is 1.62 bits per heavy atom. The average molecular weight is 182 g/mol. The summed E-state index contributed by atoms with van der Waals surface area (Å²) in [5, 5.41) is 13.3. The van der Waals surface area contributed by atoms with Crippen molar-refractivity contribution in [3.8, 4) is 5.75 Å². The summed E-state index contributed by atoms with van der Waals surface area (Å²) in [5.74, 6) is -0.516. The molecule has 1 aromatic heterocycles. The molecule has 0 aliphatic heterocycles. The Kier molecular flexibility index (Phi) is 3.37. The van der Waals surface area contributed by atoms with Gasteiger partial charge in [-0.15, -0.1) is 0 Å². The van der Waals surface area contributed by atoms with Gasteiger partial charge in [-0.2, -0.15) is 0 Å². The Bertz CT molecular complexity index is 280. The van der Waals surface area contributed by atoms with Crippen LogP contribution in [0.3, 0.4) is 0 Å². The van der Waals surface area contributed by atoms with E-state index < -0.39 is 0 Å². The Morgan fingerprint density at radius 2 is 2.38 bits per heavy atom. The Balaban J connectivity index is 2.40. The number of unbranched alkanes of at least 4 members (excludes halogenated alkanes) is 1. The molecular formula is C9H12NO3. The minimum absolute atomic E-state index is 0.0844. The van der Waals surface area contributed by atoms with Gasteiger partial charge in [0, 0.05) is 12.6 Å². The van der Waals surface area contributed by atoms with Crippen molar-refractivity contribution in [2.24, 2.45) is 0 Å². The molecular weight excluding hydrogens is 170 g/mol. The van der Waals surface area contributed by atoms with Gasteiger partial charge in [0.2, 0.25) is 5.75 Å². The van der Waals surface area contributed by atoms with Crippen LogP contribution >= 0.6 is 0 Å². The second-order valence-corrected chi connectivity index (χ2v) is 2.76. The van der Waals surface area contributed by atoms with Crippen molar-refractivity contribution < 1.29 is 14.3 Å². The first-order valence-electron chi connectivity index (χ1n) is 4.27. The summed E-state index contributed by atoms with van der Waals surface area (Å²) >= 11 is 0. The lowest BCUT2D eigenvalue weighted by Crippen LogP contribution is -2.23. The van der Waals surface area contributed by atoms with E-state index in [1.54, 1.807) is 0 Å². The lowest BCUT2D eigenvalue weighted by molar-refractivity contribution is 0.0925. The smallest absolute Gasteiger partial charge is 0.287 e. The van der Waals surface area contributed by atoms with Crippen molar-refractivity contribution in [2.45, 2.75) is 19.8 Å². The number of carbonyl (C=O) groups is 1. The molecule has 0 spiro atoms. The lowest BCUT2D eigenvalue weighted by atomic mass is 10.3. The first-order chi connectivity index (χ1) is 6.24.